The first-order valence-corrected chi connectivity index (χ1v) is 9.82. The van der Waals surface area contributed by atoms with Crippen molar-refractivity contribution in [2.24, 2.45) is 0 Å². The third-order valence-electron chi connectivity index (χ3n) is 2.87. The van der Waals surface area contributed by atoms with Gasteiger partial charge in [0.2, 0.25) is 10.0 Å². The fraction of sp³-hybridized carbons (Fsp3) is 0.571. The molecule has 4 nitrogen and oxygen atoms in total. The molecular formula is C14H23BrN2O2S2. The Balaban J connectivity index is 3.22. The van der Waals surface area contributed by atoms with Gasteiger partial charge in [0.05, 0.1) is 3.79 Å². The van der Waals surface area contributed by atoms with Gasteiger partial charge in [0.1, 0.15) is 4.90 Å². The lowest BCUT2D eigenvalue weighted by Crippen LogP contribution is -2.45. The van der Waals surface area contributed by atoms with Gasteiger partial charge in [0.25, 0.3) is 0 Å². The summed E-state index contributed by atoms with van der Waals surface area (Å²) in [4.78, 5) is 1.33. The number of nitrogens with zero attached hydrogens (tertiary/aromatic N) is 1. The maximum absolute atomic E-state index is 12.9. The summed E-state index contributed by atoms with van der Waals surface area (Å²) in [5, 5.41) is 3.21. The number of rotatable bonds is 7. The molecule has 0 radical (unpaired) electrons. The summed E-state index contributed by atoms with van der Waals surface area (Å²) in [5.74, 6) is 0. The molecule has 0 fully saturated rings. The summed E-state index contributed by atoms with van der Waals surface area (Å²) in [6.45, 7) is 13.1. The molecule has 1 rings (SSSR count). The Bertz CT molecular complexity index is 589. The Morgan fingerprint density at radius 1 is 1.48 bits per heavy atom. The van der Waals surface area contributed by atoms with Crippen LogP contribution in [0.2, 0.25) is 0 Å². The van der Waals surface area contributed by atoms with Gasteiger partial charge < -0.3 is 5.32 Å². The highest BCUT2D eigenvalue weighted by atomic mass is 79.9. The molecule has 0 aromatic carbocycles. The van der Waals surface area contributed by atoms with E-state index in [-0.39, 0.29) is 6.54 Å². The summed E-state index contributed by atoms with van der Waals surface area (Å²) >= 11 is 4.84. The molecule has 0 spiro atoms. The molecule has 1 aromatic heterocycles. The first-order chi connectivity index (χ1) is 9.64. The molecule has 0 unspecified atom stereocenters. The number of thiophene rings is 1. The van der Waals surface area contributed by atoms with Gasteiger partial charge in [-0.25, -0.2) is 8.42 Å². The lowest BCUT2D eigenvalue weighted by atomic mass is 10.1. The Labute approximate surface area is 140 Å². The molecule has 1 heterocycles. The van der Waals surface area contributed by atoms with Crippen LogP contribution in [0.25, 0.3) is 0 Å². The number of halogens is 1. The van der Waals surface area contributed by atoms with E-state index in [2.05, 4.69) is 27.8 Å². The molecule has 0 aliphatic carbocycles. The smallest absolute Gasteiger partial charge is 0.245 e. The summed E-state index contributed by atoms with van der Waals surface area (Å²) < 4.78 is 27.9. The number of sulfonamides is 1. The van der Waals surface area contributed by atoms with Crippen LogP contribution in [0.4, 0.5) is 0 Å². The van der Waals surface area contributed by atoms with Crippen molar-refractivity contribution in [1.29, 1.82) is 0 Å². The first kappa shape index (κ1) is 18.8. The minimum atomic E-state index is -3.56. The van der Waals surface area contributed by atoms with Crippen molar-refractivity contribution in [3.8, 4) is 0 Å². The Morgan fingerprint density at radius 3 is 2.57 bits per heavy atom. The molecule has 0 saturated heterocycles. The highest BCUT2D eigenvalue weighted by molar-refractivity contribution is 9.11. The average molecular weight is 395 g/mol. The molecule has 120 valence electrons. The van der Waals surface area contributed by atoms with Crippen LogP contribution in [0, 0.1) is 0 Å². The van der Waals surface area contributed by atoms with E-state index >= 15 is 0 Å². The van der Waals surface area contributed by atoms with Gasteiger partial charge in [-0.2, -0.15) is 4.31 Å². The van der Waals surface area contributed by atoms with Crippen LogP contribution >= 0.6 is 27.3 Å². The highest BCUT2D eigenvalue weighted by Gasteiger charge is 2.35. The minimum Gasteiger partial charge on any atom is -0.312 e. The van der Waals surface area contributed by atoms with Crippen molar-refractivity contribution in [2.45, 2.75) is 44.7 Å². The summed E-state index contributed by atoms with van der Waals surface area (Å²) in [6, 6.07) is 1.74. The van der Waals surface area contributed by atoms with Crippen LogP contribution in [0.1, 0.15) is 32.6 Å². The second kappa shape index (κ2) is 7.37. The summed E-state index contributed by atoms with van der Waals surface area (Å²) in [6.07, 6.45) is 1.61. The van der Waals surface area contributed by atoms with E-state index < -0.39 is 15.6 Å². The maximum atomic E-state index is 12.9. The van der Waals surface area contributed by atoms with E-state index in [0.717, 1.165) is 11.4 Å². The van der Waals surface area contributed by atoms with Crippen LogP contribution < -0.4 is 5.32 Å². The zero-order valence-electron chi connectivity index (χ0n) is 12.9. The molecule has 0 amide bonds. The minimum absolute atomic E-state index is 0.288. The molecule has 1 N–H and O–H groups in total. The zero-order chi connectivity index (χ0) is 16.3. The molecule has 21 heavy (non-hydrogen) atoms. The monoisotopic (exact) mass is 394 g/mol. The quantitative estimate of drug-likeness (QED) is 0.718. The third kappa shape index (κ3) is 4.63. The van der Waals surface area contributed by atoms with Crippen LogP contribution in [-0.2, 0) is 16.6 Å². The van der Waals surface area contributed by atoms with E-state index in [1.165, 1.54) is 15.6 Å². The molecular weight excluding hydrogens is 372 g/mol. The number of hydrogen-bond donors (Lipinski definition) is 1. The van der Waals surface area contributed by atoms with Gasteiger partial charge in [-0.1, -0.05) is 13.0 Å². The van der Waals surface area contributed by atoms with Gasteiger partial charge >= 0.3 is 0 Å². The lowest BCUT2D eigenvalue weighted by molar-refractivity contribution is 0.270. The van der Waals surface area contributed by atoms with Gasteiger partial charge in [-0.05, 0) is 49.3 Å². The van der Waals surface area contributed by atoms with Crippen LogP contribution in [0.15, 0.2) is 27.4 Å². The molecule has 0 bridgehead atoms. The van der Waals surface area contributed by atoms with E-state index in [1.54, 1.807) is 12.1 Å². The van der Waals surface area contributed by atoms with Gasteiger partial charge in [0.15, 0.2) is 0 Å². The Hall–Kier alpha value is -0.210. The number of nitrogens with one attached hydrogen (secondary N) is 1. The summed E-state index contributed by atoms with van der Waals surface area (Å²) in [5.41, 5.74) is -0.504. The van der Waals surface area contributed by atoms with Crippen molar-refractivity contribution >= 4 is 37.3 Å². The van der Waals surface area contributed by atoms with Crippen molar-refractivity contribution in [2.75, 3.05) is 13.1 Å². The second-order valence-corrected chi connectivity index (χ2v) is 9.91. The largest absolute Gasteiger partial charge is 0.312 e. The molecule has 0 saturated carbocycles. The summed E-state index contributed by atoms with van der Waals surface area (Å²) in [7, 11) is -3.56. The van der Waals surface area contributed by atoms with Crippen LogP contribution in [0.5, 0.6) is 0 Å². The molecule has 7 heteroatoms. The third-order valence-corrected chi connectivity index (χ3v) is 7.25. The molecule has 0 aliphatic rings. The zero-order valence-corrected chi connectivity index (χ0v) is 16.2. The topological polar surface area (TPSA) is 49.4 Å². The standard InChI is InChI=1S/C14H23BrN2O2S2/c1-6-8-17(14(3,4)5)21(18,19)12-9-11(10-16-7-2)20-13(12)15/h6,9,16H,1,7-8,10H2,2-5H3. The lowest BCUT2D eigenvalue weighted by Gasteiger charge is -2.33. The predicted octanol–water partition coefficient (Wildman–Crippen LogP) is 3.60. The molecule has 0 aliphatic heterocycles. The van der Waals surface area contributed by atoms with E-state index in [9.17, 15) is 8.42 Å². The fourth-order valence-corrected chi connectivity index (χ4v) is 6.24. The van der Waals surface area contributed by atoms with Crippen molar-refractivity contribution in [1.82, 2.24) is 9.62 Å². The Morgan fingerprint density at radius 2 is 2.10 bits per heavy atom. The van der Waals surface area contributed by atoms with Crippen molar-refractivity contribution in [3.05, 3.63) is 27.4 Å². The van der Waals surface area contributed by atoms with Gasteiger partial charge in [0, 0.05) is 23.5 Å². The predicted molar refractivity (Wildman–Crippen MR) is 93.2 cm³/mol. The van der Waals surface area contributed by atoms with Gasteiger partial charge in [-0.15, -0.1) is 17.9 Å². The van der Waals surface area contributed by atoms with E-state index in [1.807, 2.05) is 27.7 Å². The average Bonchev–Trinajstić information content (AvgIpc) is 2.74. The first-order valence-electron chi connectivity index (χ1n) is 6.77. The van der Waals surface area contributed by atoms with Gasteiger partial charge in [-0.3, -0.25) is 0 Å². The van der Waals surface area contributed by atoms with Crippen LogP contribution in [0.3, 0.4) is 0 Å². The van der Waals surface area contributed by atoms with Crippen molar-refractivity contribution in [3.63, 3.8) is 0 Å². The fourth-order valence-electron chi connectivity index (χ4n) is 1.88. The second-order valence-electron chi connectivity index (χ2n) is 5.63. The van der Waals surface area contributed by atoms with Crippen molar-refractivity contribution < 1.29 is 8.42 Å². The SMILES string of the molecule is C=CCN(C(C)(C)C)S(=O)(=O)c1cc(CNCC)sc1Br. The molecule has 1 aromatic rings. The van der Waals surface area contributed by atoms with E-state index in [0.29, 0.717) is 15.2 Å². The normalized spacial score (nSPS) is 12.9. The number of hydrogen-bond acceptors (Lipinski definition) is 4. The van der Waals surface area contributed by atoms with Crippen LogP contribution in [-0.4, -0.2) is 31.4 Å². The molecule has 0 atom stereocenters. The maximum Gasteiger partial charge on any atom is 0.245 e. The highest BCUT2D eigenvalue weighted by Crippen LogP contribution is 2.35. The van der Waals surface area contributed by atoms with E-state index in [4.69, 9.17) is 0 Å². The Kier molecular flexibility index (Phi) is 6.61.